The van der Waals surface area contributed by atoms with E-state index >= 15 is 0 Å². The zero-order valence-corrected chi connectivity index (χ0v) is 17.9. The fraction of sp³-hybridized carbons (Fsp3) is 0.350. The molecule has 0 aliphatic carbocycles. The lowest BCUT2D eigenvalue weighted by Crippen LogP contribution is -3.05. The maximum atomic E-state index is 6.36. The van der Waals surface area contributed by atoms with Crippen LogP contribution in [0.5, 0.6) is 0 Å². The minimum Gasteiger partial charge on any atom is -0.340 e. The van der Waals surface area contributed by atoms with Crippen molar-refractivity contribution in [1.82, 2.24) is 24.1 Å². The molecule has 0 amide bonds. The van der Waals surface area contributed by atoms with E-state index in [2.05, 4.69) is 37.6 Å². The summed E-state index contributed by atoms with van der Waals surface area (Å²) in [5.74, 6) is 0.567. The highest BCUT2D eigenvalue weighted by Gasteiger charge is 2.19. The molecule has 6 nitrogen and oxygen atoms in total. The van der Waals surface area contributed by atoms with Crippen LogP contribution in [0.15, 0.2) is 24.5 Å². The van der Waals surface area contributed by atoms with Crippen LogP contribution in [-0.2, 0) is 6.54 Å². The van der Waals surface area contributed by atoms with E-state index in [9.17, 15) is 0 Å². The van der Waals surface area contributed by atoms with Crippen LogP contribution in [-0.4, -0.2) is 44.8 Å². The lowest BCUT2D eigenvalue weighted by molar-refractivity contribution is -0.858. The van der Waals surface area contributed by atoms with E-state index in [4.69, 9.17) is 33.2 Å². The third-order valence-electron chi connectivity index (χ3n) is 5.18. The molecule has 3 aromatic heterocycles. The van der Waals surface area contributed by atoms with E-state index in [1.165, 1.54) is 16.2 Å². The van der Waals surface area contributed by atoms with Crippen molar-refractivity contribution in [1.29, 1.82) is 0 Å². The van der Waals surface area contributed by atoms with Gasteiger partial charge in [-0.3, -0.25) is 0 Å². The van der Waals surface area contributed by atoms with Crippen LogP contribution in [0.3, 0.4) is 0 Å². The molecule has 4 aromatic rings. The monoisotopic (exact) mass is 417 g/mol. The molecule has 0 aliphatic rings. The highest BCUT2D eigenvalue weighted by molar-refractivity contribution is 6.36. The molecule has 0 saturated heterocycles. The maximum Gasteiger partial charge on any atom is 0.183 e. The number of halogens is 2. The number of hydrogen-bond donors (Lipinski definition) is 1. The summed E-state index contributed by atoms with van der Waals surface area (Å²) < 4.78 is 4.01. The van der Waals surface area contributed by atoms with Crippen LogP contribution >= 0.6 is 23.2 Å². The first-order chi connectivity index (χ1) is 13.4. The van der Waals surface area contributed by atoms with Crippen LogP contribution < -0.4 is 4.90 Å². The molecule has 0 bridgehead atoms. The van der Waals surface area contributed by atoms with Crippen molar-refractivity contribution in [2.24, 2.45) is 0 Å². The summed E-state index contributed by atoms with van der Waals surface area (Å²) in [5, 5.41) is 6.75. The standard InChI is InChI=1S/C20H22Cl2N6/c1-12-13(2)27(9-5-8-26(3)4)19-17(12)20-24-18(25-28(20)11-23-19)15-7-6-14(21)10-16(15)22/h6-7,10-11H,5,8-9H2,1-4H3/p+1. The Balaban J connectivity index is 1.84. The highest BCUT2D eigenvalue weighted by atomic mass is 35.5. The van der Waals surface area contributed by atoms with Crippen LogP contribution in [0.1, 0.15) is 17.7 Å². The number of nitrogens with zero attached hydrogens (tertiary/aromatic N) is 5. The molecule has 28 heavy (non-hydrogen) atoms. The Morgan fingerprint density at radius 1 is 1.11 bits per heavy atom. The van der Waals surface area contributed by atoms with Crippen LogP contribution in [0, 0.1) is 13.8 Å². The summed E-state index contributed by atoms with van der Waals surface area (Å²) in [6.07, 6.45) is 2.82. The quantitative estimate of drug-likeness (QED) is 0.542. The predicted molar refractivity (Wildman–Crippen MR) is 114 cm³/mol. The smallest absolute Gasteiger partial charge is 0.183 e. The Labute approximate surface area is 173 Å². The van der Waals surface area contributed by atoms with Crippen molar-refractivity contribution in [2.45, 2.75) is 26.8 Å². The molecule has 1 N–H and O–H groups in total. The van der Waals surface area contributed by atoms with Gasteiger partial charge in [0.15, 0.2) is 11.5 Å². The Morgan fingerprint density at radius 2 is 1.89 bits per heavy atom. The van der Waals surface area contributed by atoms with Gasteiger partial charge in [0.25, 0.3) is 0 Å². The second-order valence-corrected chi connectivity index (χ2v) is 8.29. The van der Waals surface area contributed by atoms with Crippen LogP contribution in [0.2, 0.25) is 10.0 Å². The molecule has 0 aliphatic heterocycles. The Kier molecular flexibility index (Phi) is 5.04. The predicted octanol–water partition coefficient (Wildman–Crippen LogP) is 3.20. The first-order valence-corrected chi connectivity index (χ1v) is 10.1. The molecule has 3 heterocycles. The second-order valence-electron chi connectivity index (χ2n) is 7.44. The average Bonchev–Trinajstić information content (AvgIpc) is 3.16. The average molecular weight is 418 g/mol. The van der Waals surface area contributed by atoms with Gasteiger partial charge in [-0.15, -0.1) is 5.10 Å². The minimum atomic E-state index is 0.532. The van der Waals surface area contributed by atoms with E-state index in [1.807, 2.05) is 6.07 Å². The molecule has 0 fully saturated rings. The van der Waals surface area contributed by atoms with E-state index in [1.54, 1.807) is 23.0 Å². The molecule has 146 valence electrons. The summed E-state index contributed by atoms with van der Waals surface area (Å²) in [6, 6.07) is 5.34. The Bertz CT molecular complexity index is 1170. The minimum absolute atomic E-state index is 0.532. The van der Waals surface area contributed by atoms with Crippen molar-refractivity contribution < 1.29 is 4.90 Å². The summed E-state index contributed by atoms with van der Waals surface area (Å²) in [7, 11) is 4.35. The molecule has 1 aromatic carbocycles. The number of fused-ring (bicyclic) bond motifs is 3. The lowest BCUT2D eigenvalue weighted by atomic mass is 10.2. The SMILES string of the molecule is Cc1c(C)n(CCC[NH+](C)C)c2ncn3nc(-c4ccc(Cl)cc4Cl)nc3c12. The Hall–Kier alpha value is -2.15. The van der Waals surface area contributed by atoms with E-state index < -0.39 is 0 Å². The fourth-order valence-electron chi connectivity index (χ4n) is 3.58. The molecular formula is C20H23Cl2N6+. The van der Waals surface area contributed by atoms with Crippen molar-refractivity contribution in [2.75, 3.05) is 20.6 Å². The molecule has 4 rings (SSSR count). The summed E-state index contributed by atoms with van der Waals surface area (Å²) in [6.45, 7) is 6.32. The topological polar surface area (TPSA) is 52.5 Å². The second kappa shape index (κ2) is 7.35. The third kappa shape index (κ3) is 3.26. The number of quaternary nitrogens is 1. The van der Waals surface area contributed by atoms with Gasteiger partial charge >= 0.3 is 0 Å². The van der Waals surface area contributed by atoms with Gasteiger partial charge in [0.05, 0.1) is 31.0 Å². The zero-order chi connectivity index (χ0) is 20.0. The van der Waals surface area contributed by atoms with Gasteiger partial charge in [-0.1, -0.05) is 23.2 Å². The maximum absolute atomic E-state index is 6.36. The largest absolute Gasteiger partial charge is 0.340 e. The number of hydrogen-bond acceptors (Lipinski definition) is 3. The molecule has 0 saturated carbocycles. The fourth-order valence-corrected chi connectivity index (χ4v) is 4.07. The molecule has 0 atom stereocenters. The molecule has 0 spiro atoms. The van der Waals surface area contributed by atoms with Crippen molar-refractivity contribution in [3.8, 4) is 11.4 Å². The van der Waals surface area contributed by atoms with Crippen LogP contribution in [0.4, 0.5) is 0 Å². The summed E-state index contributed by atoms with van der Waals surface area (Å²) >= 11 is 12.4. The van der Waals surface area contributed by atoms with E-state index in [0.29, 0.717) is 15.9 Å². The first kappa shape index (κ1) is 19.2. The highest BCUT2D eigenvalue weighted by Crippen LogP contribution is 2.31. The van der Waals surface area contributed by atoms with E-state index in [0.717, 1.165) is 41.8 Å². The van der Waals surface area contributed by atoms with Gasteiger partial charge < -0.3 is 9.47 Å². The number of nitrogens with one attached hydrogen (secondary N) is 1. The van der Waals surface area contributed by atoms with Crippen LogP contribution in [0.25, 0.3) is 28.1 Å². The van der Waals surface area contributed by atoms with Gasteiger partial charge in [-0.25, -0.2) is 14.5 Å². The zero-order valence-electron chi connectivity index (χ0n) is 16.4. The first-order valence-electron chi connectivity index (χ1n) is 9.32. The molecule has 0 unspecified atom stereocenters. The number of aryl methyl sites for hydroxylation is 2. The number of aromatic nitrogens is 5. The van der Waals surface area contributed by atoms with Gasteiger partial charge in [0, 0.05) is 29.2 Å². The van der Waals surface area contributed by atoms with Gasteiger partial charge in [-0.2, -0.15) is 0 Å². The van der Waals surface area contributed by atoms with E-state index in [-0.39, 0.29) is 0 Å². The van der Waals surface area contributed by atoms with Crippen molar-refractivity contribution >= 4 is 39.9 Å². The lowest BCUT2D eigenvalue weighted by Gasteiger charge is -2.10. The van der Waals surface area contributed by atoms with Crippen molar-refractivity contribution in [3.63, 3.8) is 0 Å². The normalized spacial score (nSPS) is 12.0. The molecule has 8 heteroatoms. The van der Waals surface area contributed by atoms with Gasteiger partial charge in [-0.05, 0) is 37.6 Å². The number of rotatable bonds is 5. The number of benzene rings is 1. The molecular weight excluding hydrogens is 395 g/mol. The van der Waals surface area contributed by atoms with Gasteiger partial charge in [0.1, 0.15) is 12.0 Å². The third-order valence-corrected chi connectivity index (χ3v) is 5.72. The van der Waals surface area contributed by atoms with Gasteiger partial charge in [0.2, 0.25) is 0 Å². The summed E-state index contributed by atoms with van der Waals surface area (Å²) in [5.41, 5.74) is 4.91. The molecule has 0 radical (unpaired) electrons. The summed E-state index contributed by atoms with van der Waals surface area (Å²) in [4.78, 5) is 10.9. The Morgan fingerprint density at radius 3 is 2.61 bits per heavy atom. The van der Waals surface area contributed by atoms with Crippen molar-refractivity contribution in [3.05, 3.63) is 45.8 Å².